The molecule has 1 aliphatic carbocycles. The zero-order valence-electron chi connectivity index (χ0n) is 13.8. The summed E-state index contributed by atoms with van der Waals surface area (Å²) in [4.78, 5) is 0. The van der Waals surface area contributed by atoms with Gasteiger partial charge >= 0.3 is 0 Å². The van der Waals surface area contributed by atoms with Gasteiger partial charge in [-0.1, -0.05) is 46.5 Å². The number of hydrogen-bond acceptors (Lipinski definition) is 1. The first kappa shape index (κ1) is 16.8. The van der Waals surface area contributed by atoms with Crippen LogP contribution < -0.4 is 0 Å². The van der Waals surface area contributed by atoms with Crippen LogP contribution in [-0.2, 0) is 4.43 Å². The second kappa shape index (κ2) is 6.95. The molecular weight excluding hydrogens is 248 g/mol. The van der Waals surface area contributed by atoms with Crippen molar-refractivity contribution in [3.05, 3.63) is 0 Å². The first-order valence-electron chi connectivity index (χ1n) is 7.85. The minimum atomic E-state index is -1.57. The lowest BCUT2D eigenvalue weighted by atomic mass is 9.83. The molecular formula is C17H32OSi. The molecule has 110 valence electrons. The van der Waals surface area contributed by atoms with Gasteiger partial charge in [-0.3, -0.25) is 0 Å². The Morgan fingerprint density at radius 2 is 1.89 bits per heavy atom. The highest BCUT2D eigenvalue weighted by atomic mass is 28.4. The van der Waals surface area contributed by atoms with E-state index in [9.17, 15) is 0 Å². The molecule has 1 fully saturated rings. The predicted octanol–water partition coefficient (Wildman–Crippen LogP) is 5.23. The van der Waals surface area contributed by atoms with Crippen molar-refractivity contribution in [3.8, 4) is 11.8 Å². The Morgan fingerprint density at radius 3 is 2.47 bits per heavy atom. The van der Waals surface area contributed by atoms with Crippen molar-refractivity contribution in [3.63, 3.8) is 0 Å². The van der Waals surface area contributed by atoms with E-state index in [1.165, 1.54) is 25.7 Å². The van der Waals surface area contributed by atoms with Crippen LogP contribution in [0.2, 0.25) is 18.1 Å². The summed E-state index contributed by atoms with van der Waals surface area (Å²) in [5.41, 5.74) is 0. The van der Waals surface area contributed by atoms with E-state index in [1.54, 1.807) is 0 Å². The SMILES string of the molecule is C[C@@H]1CCC[C@H](C#CCCO[Si](C)(C)C(C)(C)C)C1. The average molecular weight is 281 g/mol. The molecule has 0 heterocycles. The van der Waals surface area contributed by atoms with E-state index in [0.717, 1.165) is 18.9 Å². The monoisotopic (exact) mass is 280 g/mol. The van der Waals surface area contributed by atoms with Gasteiger partial charge in [0.1, 0.15) is 0 Å². The lowest BCUT2D eigenvalue weighted by Gasteiger charge is -2.35. The van der Waals surface area contributed by atoms with Crippen LogP contribution in [0.4, 0.5) is 0 Å². The molecule has 0 spiro atoms. The molecule has 2 heteroatoms. The maximum atomic E-state index is 6.14. The van der Waals surface area contributed by atoms with Crippen molar-refractivity contribution in [2.75, 3.05) is 6.61 Å². The molecule has 2 atom stereocenters. The maximum absolute atomic E-state index is 6.14. The van der Waals surface area contributed by atoms with Crippen LogP contribution in [0, 0.1) is 23.7 Å². The molecule has 0 aliphatic heterocycles. The maximum Gasteiger partial charge on any atom is 0.192 e. The predicted molar refractivity (Wildman–Crippen MR) is 86.7 cm³/mol. The van der Waals surface area contributed by atoms with Gasteiger partial charge in [0.15, 0.2) is 8.32 Å². The zero-order valence-corrected chi connectivity index (χ0v) is 14.8. The van der Waals surface area contributed by atoms with E-state index < -0.39 is 8.32 Å². The van der Waals surface area contributed by atoms with Gasteiger partial charge in [0.2, 0.25) is 0 Å². The van der Waals surface area contributed by atoms with Gasteiger partial charge in [-0.05, 0) is 36.9 Å². The Labute approximate surface area is 121 Å². The fourth-order valence-electron chi connectivity index (χ4n) is 2.36. The van der Waals surface area contributed by atoms with Crippen LogP contribution >= 0.6 is 0 Å². The van der Waals surface area contributed by atoms with Gasteiger partial charge in [-0.25, -0.2) is 0 Å². The fourth-order valence-corrected chi connectivity index (χ4v) is 3.40. The molecule has 1 saturated carbocycles. The Balaban J connectivity index is 2.28. The standard InChI is InChI=1S/C17H32OSi/c1-15-10-9-12-16(14-15)11-7-8-13-18-19(5,6)17(2,3)4/h15-16H,8-10,12-14H2,1-6H3/t15-,16+/m1/s1. The third kappa shape index (κ3) is 5.71. The first-order valence-corrected chi connectivity index (χ1v) is 10.8. The first-order chi connectivity index (χ1) is 8.72. The normalized spacial score (nSPS) is 24.7. The molecule has 0 saturated heterocycles. The lowest BCUT2D eigenvalue weighted by Crippen LogP contribution is -2.40. The summed E-state index contributed by atoms with van der Waals surface area (Å²) in [5.74, 6) is 8.33. The number of rotatable bonds is 3. The fraction of sp³-hybridized carbons (Fsp3) is 0.882. The van der Waals surface area contributed by atoms with Crippen molar-refractivity contribution in [1.29, 1.82) is 0 Å². The molecule has 19 heavy (non-hydrogen) atoms. The van der Waals surface area contributed by atoms with E-state index in [1.807, 2.05) is 0 Å². The van der Waals surface area contributed by atoms with Crippen LogP contribution in [0.15, 0.2) is 0 Å². The third-order valence-electron chi connectivity index (χ3n) is 4.74. The smallest absolute Gasteiger partial charge is 0.192 e. The van der Waals surface area contributed by atoms with Crippen LogP contribution in [0.25, 0.3) is 0 Å². The van der Waals surface area contributed by atoms with Crippen molar-refractivity contribution < 1.29 is 4.43 Å². The van der Waals surface area contributed by atoms with Gasteiger partial charge in [-0.15, -0.1) is 5.92 Å². The van der Waals surface area contributed by atoms with Crippen molar-refractivity contribution >= 4 is 8.32 Å². The highest BCUT2D eigenvalue weighted by molar-refractivity contribution is 6.74. The van der Waals surface area contributed by atoms with Crippen LogP contribution in [0.1, 0.15) is 59.8 Å². The summed E-state index contributed by atoms with van der Waals surface area (Å²) in [7, 11) is -1.57. The van der Waals surface area contributed by atoms with Gasteiger partial charge in [0.25, 0.3) is 0 Å². The van der Waals surface area contributed by atoms with Crippen LogP contribution in [0.3, 0.4) is 0 Å². The summed E-state index contributed by atoms with van der Waals surface area (Å²) < 4.78 is 6.14. The lowest BCUT2D eigenvalue weighted by molar-refractivity contribution is 0.296. The van der Waals surface area contributed by atoms with E-state index in [0.29, 0.717) is 11.0 Å². The molecule has 0 bridgehead atoms. The summed E-state index contributed by atoms with van der Waals surface area (Å²) in [6.45, 7) is 14.6. The molecule has 0 radical (unpaired) electrons. The second-order valence-corrected chi connectivity index (χ2v) is 12.5. The highest BCUT2D eigenvalue weighted by Crippen LogP contribution is 2.36. The quantitative estimate of drug-likeness (QED) is 0.391. The molecule has 0 amide bonds. The van der Waals surface area contributed by atoms with E-state index in [-0.39, 0.29) is 0 Å². The Kier molecular flexibility index (Phi) is 6.14. The van der Waals surface area contributed by atoms with Crippen LogP contribution in [-0.4, -0.2) is 14.9 Å². The topological polar surface area (TPSA) is 9.23 Å². The number of hydrogen-bond donors (Lipinski definition) is 0. The van der Waals surface area contributed by atoms with Gasteiger partial charge < -0.3 is 4.43 Å². The molecule has 0 aromatic rings. The highest BCUT2D eigenvalue weighted by Gasteiger charge is 2.36. The molecule has 1 nitrogen and oxygen atoms in total. The molecule has 1 rings (SSSR count). The minimum absolute atomic E-state index is 0.305. The van der Waals surface area contributed by atoms with Gasteiger partial charge in [0, 0.05) is 18.9 Å². The van der Waals surface area contributed by atoms with E-state index in [2.05, 4.69) is 52.6 Å². The van der Waals surface area contributed by atoms with E-state index in [4.69, 9.17) is 4.43 Å². The van der Waals surface area contributed by atoms with Crippen LogP contribution in [0.5, 0.6) is 0 Å². The molecule has 0 aromatic heterocycles. The Hall–Kier alpha value is -0.263. The Morgan fingerprint density at radius 1 is 1.21 bits per heavy atom. The van der Waals surface area contributed by atoms with Crippen molar-refractivity contribution in [1.82, 2.24) is 0 Å². The molecule has 0 N–H and O–H groups in total. The van der Waals surface area contributed by atoms with Gasteiger partial charge in [-0.2, -0.15) is 0 Å². The average Bonchev–Trinajstić information content (AvgIpc) is 2.27. The largest absolute Gasteiger partial charge is 0.416 e. The van der Waals surface area contributed by atoms with Gasteiger partial charge in [0.05, 0.1) is 0 Å². The minimum Gasteiger partial charge on any atom is -0.416 e. The summed E-state index contributed by atoms with van der Waals surface area (Å²) in [6, 6.07) is 0. The molecule has 0 unspecified atom stereocenters. The van der Waals surface area contributed by atoms with Crippen molar-refractivity contribution in [2.24, 2.45) is 11.8 Å². The molecule has 1 aliphatic rings. The summed E-state index contributed by atoms with van der Waals surface area (Å²) in [5, 5.41) is 0.305. The van der Waals surface area contributed by atoms with E-state index >= 15 is 0 Å². The Bertz CT molecular complexity index is 329. The zero-order chi connectivity index (χ0) is 14.5. The van der Waals surface area contributed by atoms with Crippen molar-refractivity contribution in [2.45, 2.75) is 77.9 Å². The third-order valence-corrected chi connectivity index (χ3v) is 9.28. The summed E-state index contributed by atoms with van der Waals surface area (Å²) >= 11 is 0. The second-order valence-electron chi connectivity index (χ2n) is 7.65. The molecule has 0 aromatic carbocycles. The summed E-state index contributed by atoms with van der Waals surface area (Å²) in [6.07, 6.45) is 6.27.